The minimum atomic E-state index is -4.00. The number of hydrogen-bond donors (Lipinski definition) is 3. The van der Waals surface area contributed by atoms with Crippen molar-refractivity contribution < 1.29 is 27.8 Å². The summed E-state index contributed by atoms with van der Waals surface area (Å²) in [5, 5.41) is 9.40. The number of methoxy groups -OCH3 is 2. The van der Waals surface area contributed by atoms with Crippen LogP contribution < -0.4 is 15.2 Å². The van der Waals surface area contributed by atoms with E-state index in [1.54, 1.807) is 6.92 Å². The second-order valence-corrected chi connectivity index (χ2v) is 5.99. The van der Waals surface area contributed by atoms with Crippen LogP contribution in [0, 0.1) is 6.92 Å². The third-order valence-electron chi connectivity index (χ3n) is 2.78. The Labute approximate surface area is 122 Å². The highest BCUT2D eigenvalue weighted by molar-refractivity contribution is 7.89. The van der Waals surface area contributed by atoms with E-state index in [9.17, 15) is 18.3 Å². The summed E-state index contributed by atoms with van der Waals surface area (Å²) in [4.78, 5) is 10.9. The molecule has 0 saturated heterocycles. The largest absolute Gasteiger partial charge is 0.495 e. The molecule has 0 aromatic heterocycles. The number of aryl methyl sites for hydroxylation is 1. The Morgan fingerprint density at radius 2 is 2.05 bits per heavy atom. The topological polar surface area (TPSA) is 128 Å². The number of rotatable bonds is 6. The molecule has 1 unspecified atom stereocenters. The molecule has 0 heterocycles. The molecule has 118 valence electrons. The molecular weight excluding hydrogens is 300 g/mol. The van der Waals surface area contributed by atoms with Crippen molar-refractivity contribution in [1.82, 2.24) is 4.72 Å². The maximum Gasteiger partial charge on any atom is 0.336 e. The molecule has 1 aromatic rings. The van der Waals surface area contributed by atoms with Crippen molar-refractivity contribution in [3.05, 3.63) is 17.7 Å². The zero-order chi connectivity index (χ0) is 16.2. The van der Waals surface area contributed by atoms with Crippen LogP contribution in [-0.4, -0.2) is 46.4 Å². The van der Waals surface area contributed by atoms with Crippen LogP contribution in [0.1, 0.15) is 5.56 Å². The number of nitrogens with two attached hydrogens (primary N) is 1. The number of benzene rings is 1. The van der Waals surface area contributed by atoms with Crippen molar-refractivity contribution in [3.8, 4) is 5.75 Å². The van der Waals surface area contributed by atoms with Gasteiger partial charge in [-0.2, -0.15) is 0 Å². The van der Waals surface area contributed by atoms with Gasteiger partial charge in [0, 0.05) is 12.2 Å². The van der Waals surface area contributed by atoms with E-state index in [-0.39, 0.29) is 16.3 Å². The van der Waals surface area contributed by atoms with E-state index in [1.807, 2.05) is 0 Å². The number of aliphatic hydroxyl groups excluding tert-OH is 1. The molecule has 0 saturated carbocycles. The highest BCUT2D eigenvalue weighted by Crippen LogP contribution is 2.28. The van der Waals surface area contributed by atoms with E-state index < -0.39 is 28.6 Å². The van der Waals surface area contributed by atoms with Crippen LogP contribution in [0.2, 0.25) is 0 Å². The molecule has 0 amide bonds. The fourth-order valence-electron chi connectivity index (χ4n) is 1.53. The van der Waals surface area contributed by atoms with Crippen molar-refractivity contribution in [2.45, 2.75) is 17.9 Å². The second kappa shape index (κ2) is 6.74. The summed E-state index contributed by atoms with van der Waals surface area (Å²) in [6.07, 6.45) is -1.60. The van der Waals surface area contributed by atoms with Gasteiger partial charge in [-0.1, -0.05) is 0 Å². The minimum Gasteiger partial charge on any atom is -0.495 e. The number of aliphatic hydroxyl groups is 1. The number of carbonyl (C=O) groups is 1. The third-order valence-corrected chi connectivity index (χ3v) is 4.23. The lowest BCUT2D eigenvalue weighted by molar-refractivity contribution is -0.149. The van der Waals surface area contributed by atoms with Crippen LogP contribution >= 0.6 is 0 Å². The Morgan fingerprint density at radius 1 is 1.43 bits per heavy atom. The molecule has 1 aromatic carbocycles. The lowest BCUT2D eigenvalue weighted by Crippen LogP contribution is -2.37. The average Bonchev–Trinajstić information content (AvgIpc) is 2.46. The molecule has 0 aliphatic carbocycles. The Balaban J connectivity index is 3.03. The molecule has 8 nitrogen and oxygen atoms in total. The van der Waals surface area contributed by atoms with Gasteiger partial charge in [-0.05, 0) is 24.6 Å². The second-order valence-electron chi connectivity index (χ2n) is 4.25. The van der Waals surface area contributed by atoms with Gasteiger partial charge in [-0.25, -0.2) is 17.9 Å². The molecule has 0 aliphatic rings. The van der Waals surface area contributed by atoms with Gasteiger partial charge < -0.3 is 20.3 Å². The molecular formula is C12H18N2O6S. The number of nitrogens with one attached hydrogen (secondary N) is 1. The Morgan fingerprint density at radius 3 is 2.57 bits per heavy atom. The van der Waals surface area contributed by atoms with Gasteiger partial charge >= 0.3 is 5.97 Å². The number of nitrogen functional groups attached to an aromatic ring is 1. The first-order valence-corrected chi connectivity index (χ1v) is 7.41. The predicted octanol–water partition coefficient (Wildman–Crippen LogP) is -0.602. The van der Waals surface area contributed by atoms with E-state index >= 15 is 0 Å². The normalized spacial score (nSPS) is 12.8. The minimum absolute atomic E-state index is 0.113. The van der Waals surface area contributed by atoms with E-state index in [2.05, 4.69) is 9.46 Å². The first-order valence-electron chi connectivity index (χ1n) is 5.92. The Bertz CT molecular complexity index is 629. The predicted molar refractivity (Wildman–Crippen MR) is 75.4 cm³/mol. The first-order chi connectivity index (χ1) is 9.72. The molecule has 21 heavy (non-hydrogen) atoms. The van der Waals surface area contributed by atoms with E-state index in [4.69, 9.17) is 10.5 Å². The van der Waals surface area contributed by atoms with Gasteiger partial charge in [0.15, 0.2) is 6.10 Å². The molecule has 1 atom stereocenters. The lowest BCUT2D eigenvalue weighted by atomic mass is 10.2. The molecule has 0 spiro atoms. The zero-order valence-corrected chi connectivity index (χ0v) is 12.7. The van der Waals surface area contributed by atoms with Gasteiger partial charge in [0.1, 0.15) is 10.6 Å². The third kappa shape index (κ3) is 4.06. The molecule has 9 heteroatoms. The van der Waals surface area contributed by atoms with Crippen LogP contribution in [0.5, 0.6) is 5.75 Å². The summed E-state index contributed by atoms with van der Waals surface area (Å²) in [6.45, 7) is 1.19. The fraction of sp³-hybridized carbons (Fsp3) is 0.417. The van der Waals surface area contributed by atoms with Crippen LogP contribution in [0.4, 0.5) is 5.69 Å². The van der Waals surface area contributed by atoms with Crippen LogP contribution in [0.25, 0.3) is 0 Å². The van der Waals surface area contributed by atoms with Crippen molar-refractivity contribution in [1.29, 1.82) is 0 Å². The average molecular weight is 318 g/mol. The number of anilines is 1. The van der Waals surface area contributed by atoms with Crippen molar-refractivity contribution in [3.63, 3.8) is 0 Å². The van der Waals surface area contributed by atoms with E-state index in [0.717, 1.165) is 7.11 Å². The van der Waals surface area contributed by atoms with Crippen molar-refractivity contribution >= 4 is 21.7 Å². The van der Waals surface area contributed by atoms with Gasteiger partial charge in [-0.15, -0.1) is 0 Å². The Hall–Kier alpha value is -1.84. The van der Waals surface area contributed by atoms with Crippen molar-refractivity contribution in [2.75, 3.05) is 26.5 Å². The summed E-state index contributed by atoms with van der Waals surface area (Å²) < 4.78 is 35.8. The number of ether oxygens (including phenoxy) is 2. The van der Waals surface area contributed by atoms with Crippen LogP contribution in [-0.2, 0) is 19.6 Å². The SMILES string of the molecule is COC(=O)C(O)CNS(=O)(=O)c1cc(N)c(C)cc1OC. The summed E-state index contributed by atoms with van der Waals surface area (Å²) >= 11 is 0. The van der Waals surface area contributed by atoms with Crippen LogP contribution in [0.3, 0.4) is 0 Å². The van der Waals surface area contributed by atoms with Crippen LogP contribution in [0.15, 0.2) is 17.0 Å². The van der Waals surface area contributed by atoms with Gasteiger partial charge in [0.25, 0.3) is 0 Å². The smallest absolute Gasteiger partial charge is 0.336 e. The first kappa shape index (κ1) is 17.2. The monoisotopic (exact) mass is 318 g/mol. The van der Waals surface area contributed by atoms with Gasteiger partial charge in [0.05, 0.1) is 14.2 Å². The van der Waals surface area contributed by atoms with Crippen molar-refractivity contribution in [2.24, 2.45) is 0 Å². The Kier molecular flexibility index (Phi) is 5.53. The summed E-state index contributed by atoms with van der Waals surface area (Å²) in [5.41, 5.74) is 6.64. The highest BCUT2D eigenvalue weighted by Gasteiger charge is 2.24. The summed E-state index contributed by atoms with van der Waals surface area (Å²) in [5.74, 6) is -0.824. The van der Waals surface area contributed by atoms with Gasteiger partial charge in [0.2, 0.25) is 10.0 Å². The maximum absolute atomic E-state index is 12.2. The lowest BCUT2D eigenvalue weighted by Gasteiger charge is -2.14. The van der Waals surface area contributed by atoms with E-state index in [1.165, 1.54) is 19.2 Å². The molecule has 1 rings (SSSR count). The molecule has 0 bridgehead atoms. The number of hydrogen-bond acceptors (Lipinski definition) is 7. The maximum atomic E-state index is 12.2. The summed E-state index contributed by atoms with van der Waals surface area (Å²) in [7, 11) is -1.59. The quantitative estimate of drug-likeness (QED) is 0.472. The van der Waals surface area contributed by atoms with Gasteiger partial charge in [-0.3, -0.25) is 0 Å². The number of esters is 1. The molecule has 0 radical (unpaired) electrons. The molecule has 4 N–H and O–H groups in total. The molecule has 0 fully saturated rings. The molecule has 0 aliphatic heterocycles. The number of sulfonamides is 1. The zero-order valence-electron chi connectivity index (χ0n) is 11.9. The summed E-state index contributed by atoms with van der Waals surface area (Å²) in [6, 6.07) is 2.74. The van der Waals surface area contributed by atoms with E-state index in [0.29, 0.717) is 5.56 Å². The highest BCUT2D eigenvalue weighted by atomic mass is 32.2. The number of carbonyl (C=O) groups excluding carboxylic acids is 1. The fourth-order valence-corrected chi connectivity index (χ4v) is 2.75. The standard InChI is InChI=1S/C12H18N2O6S/c1-7-4-10(19-2)11(5-8(7)13)21(17,18)14-6-9(15)12(16)20-3/h4-5,9,14-15H,6,13H2,1-3H3.